The van der Waals surface area contributed by atoms with Gasteiger partial charge in [0.25, 0.3) is 0 Å². The fourth-order valence-electron chi connectivity index (χ4n) is 2.04. The number of hydrogen-bond donors (Lipinski definition) is 2. The molecule has 0 atom stereocenters. The maximum Gasteiger partial charge on any atom is 0.422 e. The molecule has 0 bridgehead atoms. The molecule has 0 amide bonds. The Balaban J connectivity index is 1.78. The van der Waals surface area contributed by atoms with Crippen LogP contribution < -0.4 is 15.4 Å². The van der Waals surface area contributed by atoms with E-state index in [1.54, 1.807) is 30.5 Å². The van der Waals surface area contributed by atoms with Gasteiger partial charge in [0.15, 0.2) is 12.6 Å². The molecule has 26 heavy (non-hydrogen) atoms. The lowest BCUT2D eigenvalue weighted by Gasteiger charge is -2.12. The Kier molecular flexibility index (Phi) is 7.26. The molecule has 2 aromatic rings. The molecule has 142 valence electrons. The smallest absolute Gasteiger partial charge is 0.422 e. The van der Waals surface area contributed by atoms with Crippen LogP contribution in [0.15, 0.2) is 34.6 Å². The molecule has 1 aromatic carbocycles. The zero-order valence-electron chi connectivity index (χ0n) is 14.6. The van der Waals surface area contributed by atoms with Crippen LogP contribution in [-0.4, -0.2) is 30.8 Å². The van der Waals surface area contributed by atoms with E-state index in [0.717, 1.165) is 22.7 Å². The van der Waals surface area contributed by atoms with Crippen molar-refractivity contribution in [2.75, 3.05) is 13.7 Å². The van der Waals surface area contributed by atoms with E-state index in [2.05, 4.69) is 32.3 Å². The minimum absolute atomic E-state index is 0.184. The quantitative estimate of drug-likeness (QED) is 0.565. The van der Waals surface area contributed by atoms with Gasteiger partial charge in [-0.05, 0) is 24.1 Å². The van der Waals surface area contributed by atoms with Crippen LogP contribution in [0.3, 0.4) is 0 Å². The Morgan fingerprint density at radius 2 is 1.88 bits per heavy atom. The van der Waals surface area contributed by atoms with Crippen LogP contribution in [0, 0.1) is 0 Å². The van der Waals surface area contributed by atoms with Crippen molar-refractivity contribution in [1.29, 1.82) is 0 Å². The zero-order valence-corrected chi connectivity index (χ0v) is 15.4. The molecule has 0 unspecified atom stereocenters. The summed E-state index contributed by atoms with van der Waals surface area (Å²) in [7, 11) is 1.67. The van der Waals surface area contributed by atoms with Gasteiger partial charge in [0.05, 0.1) is 17.2 Å². The molecule has 2 N–H and O–H groups in total. The monoisotopic (exact) mass is 386 g/mol. The van der Waals surface area contributed by atoms with E-state index in [1.807, 2.05) is 5.38 Å². The summed E-state index contributed by atoms with van der Waals surface area (Å²) < 4.78 is 41.1. The minimum Gasteiger partial charge on any atom is -0.484 e. The molecule has 5 nitrogen and oxygen atoms in total. The number of ether oxygens (including phenoxy) is 1. The fourth-order valence-corrected chi connectivity index (χ4v) is 2.79. The van der Waals surface area contributed by atoms with Gasteiger partial charge in [-0.2, -0.15) is 13.2 Å². The molecule has 0 fully saturated rings. The Bertz CT molecular complexity index is 714. The molecule has 0 saturated heterocycles. The number of aryl methyl sites for hydroxylation is 1. The molecule has 0 aliphatic heterocycles. The lowest BCUT2D eigenvalue weighted by molar-refractivity contribution is -0.153. The Labute approximate surface area is 154 Å². The summed E-state index contributed by atoms with van der Waals surface area (Å²) in [5.41, 5.74) is 1.86. The summed E-state index contributed by atoms with van der Waals surface area (Å²) in [6, 6.07) is 6.45. The van der Waals surface area contributed by atoms with E-state index < -0.39 is 12.8 Å². The van der Waals surface area contributed by atoms with Crippen molar-refractivity contribution in [3.63, 3.8) is 0 Å². The fraction of sp³-hybridized carbons (Fsp3) is 0.412. The first-order chi connectivity index (χ1) is 12.4. The van der Waals surface area contributed by atoms with Crippen LogP contribution >= 0.6 is 11.3 Å². The average molecular weight is 386 g/mol. The van der Waals surface area contributed by atoms with Crippen LogP contribution in [0.5, 0.6) is 5.75 Å². The minimum atomic E-state index is -4.34. The SMILES string of the molecule is CCc1nc(CNC(=NC)NCc2ccc(OCC(F)(F)F)cc2)cs1. The van der Waals surface area contributed by atoms with E-state index in [4.69, 9.17) is 0 Å². The van der Waals surface area contributed by atoms with Gasteiger partial charge >= 0.3 is 6.18 Å². The molecule has 1 aromatic heterocycles. The van der Waals surface area contributed by atoms with Crippen molar-refractivity contribution < 1.29 is 17.9 Å². The second kappa shape index (κ2) is 9.42. The van der Waals surface area contributed by atoms with E-state index in [1.165, 1.54) is 12.1 Å². The maximum atomic E-state index is 12.1. The second-order valence-electron chi connectivity index (χ2n) is 5.41. The third kappa shape index (κ3) is 6.91. The number of alkyl halides is 3. The van der Waals surface area contributed by atoms with Crippen molar-refractivity contribution in [3.8, 4) is 5.75 Å². The molecule has 0 saturated carbocycles. The summed E-state index contributed by atoms with van der Waals surface area (Å²) in [6.07, 6.45) is -3.42. The largest absolute Gasteiger partial charge is 0.484 e. The van der Waals surface area contributed by atoms with Gasteiger partial charge in [-0.3, -0.25) is 4.99 Å². The van der Waals surface area contributed by atoms with E-state index in [0.29, 0.717) is 19.0 Å². The molecule has 9 heteroatoms. The third-order valence-electron chi connectivity index (χ3n) is 3.35. The van der Waals surface area contributed by atoms with Crippen LogP contribution in [0.1, 0.15) is 23.2 Å². The Morgan fingerprint density at radius 1 is 1.19 bits per heavy atom. The highest BCUT2D eigenvalue weighted by Gasteiger charge is 2.28. The van der Waals surface area contributed by atoms with Crippen LogP contribution in [0.2, 0.25) is 0 Å². The number of guanidine groups is 1. The topological polar surface area (TPSA) is 58.5 Å². The van der Waals surface area contributed by atoms with Gasteiger partial charge < -0.3 is 15.4 Å². The molecular weight excluding hydrogens is 365 g/mol. The average Bonchev–Trinajstić information content (AvgIpc) is 3.08. The normalized spacial score (nSPS) is 12.1. The lowest BCUT2D eigenvalue weighted by atomic mass is 10.2. The number of halogens is 3. The number of rotatable bonds is 7. The predicted molar refractivity (Wildman–Crippen MR) is 96.5 cm³/mol. The summed E-state index contributed by atoms with van der Waals surface area (Å²) in [5.74, 6) is 0.803. The molecule has 0 aliphatic carbocycles. The van der Waals surface area contributed by atoms with Gasteiger partial charge in [-0.1, -0.05) is 19.1 Å². The second-order valence-corrected chi connectivity index (χ2v) is 6.36. The van der Waals surface area contributed by atoms with Gasteiger partial charge in [0.1, 0.15) is 5.75 Å². The van der Waals surface area contributed by atoms with Crippen molar-refractivity contribution in [1.82, 2.24) is 15.6 Å². The van der Waals surface area contributed by atoms with Gasteiger partial charge in [-0.25, -0.2) is 4.98 Å². The van der Waals surface area contributed by atoms with E-state index in [-0.39, 0.29) is 5.75 Å². The number of nitrogens with zero attached hydrogens (tertiary/aromatic N) is 2. The first-order valence-electron chi connectivity index (χ1n) is 8.06. The van der Waals surface area contributed by atoms with Gasteiger partial charge in [0, 0.05) is 19.0 Å². The van der Waals surface area contributed by atoms with Crippen molar-refractivity contribution in [3.05, 3.63) is 45.9 Å². The highest BCUT2D eigenvalue weighted by atomic mass is 32.1. The number of aromatic nitrogens is 1. The highest BCUT2D eigenvalue weighted by molar-refractivity contribution is 7.09. The van der Waals surface area contributed by atoms with Crippen LogP contribution in [0.4, 0.5) is 13.2 Å². The summed E-state index contributed by atoms with van der Waals surface area (Å²) >= 11 is 1.63. The molecule has 0 radical (unpaired) electrons. The Hall–Kier alpha value is -2.29. The standard InChI is InChI=1S/C17H21F3N4OS/c1-3-15-24-13(10-26-15)9-23-16(21-2)22-8-12-4-6-14(7-5-12)25-11-17(18,19)20/h4-7,10H,3,8-9,11H2,1-2H3,(H2,21,22,23). The summed E-state index contributed by atoms with van der Waals surface area (Å²) in [6.45, 7) is 1.82. The molecule has 1 heterocycles. The van der Waals surface area contributed by atoms with Crippen LogP contribution in [0.25, 0.3) is 0 Å². The van der Waals surface area contributed by atoms with E-state index in [9.17, 15) is 13.2 Å². The first kappa shape index (κ1) is 20.0. The van der Waals surface area contributed by atoms with Gasteiger partial charge in [0.2, 0.25) is 0 Å². The maximum absolute atomic E-state index is 12.1. The van der Waals surface area contributed by atoms with Crippen LogP contribution in [-0.2, 0) is 19.5 Å². The number of nitrogens with one attached hydrogen (secondary N) is 2. The molecule has 2 rings (SSSR count). The lowest BCUT2D eigenvalue weighted by Crippen LogP contribution is -2.36. The molecular formula is C17H21F3N4OS. The number of aliphatic imine (C=N–C) groups is 1. The predicted octanol–water partition coefficient (Wildman–Crippen LogP) is 3.51. The summed E-state index contributed by atoms with van der Waals surface area (Å²) in [4.78, 5) is 8.62. The summed E-state index contributed by atoms with van der Waals surface area (Å²) in [5, 5.41) is 9.43. The Morgan fingerprint density at radius 3 is 2.46 bits per heavy atom. The highest BCUT2D eigenvalue weighted by Crippen LogP contribution is 2.18. The molecule has 0 spiro atoms. The number of benzene rings is 1. The third-order valence-corrected chi connectivity index (χ3v) is 4.39. The van der Waals surface area contributed by atoms with Crippen molar-refractivity contribution >= 4 is 17.3 Å². The number of thiazole rings is 1. The van der Waals surface area contributed by atoms with Crippen molar-refractivity contribution in [2.24, 2.45) is 4.99 Å². The van der Waals surface area contributed by atoms with Crippen molar-refractivity contribution in [2.45, 2.75) is 32.6 Å². The van der Waals surface area contributed by atoms with Gasteiger partial charge in [-0.15, -0.1) is 11.3 Å². The number of hydrogen-bond acceptors (Lipinski definition) is 4. The zero-order chi connectivity index (χ0) is 19.0. The van der Waals surface area contributed by atoms with E-state index >= 15 is 0 Å². The molecule has 0 aliphatic rings. The first-order valence-corrected chi connectivity index (χ1v) is 8.94.